The first-order valence-corrected chi connectivity index (χ1v) is 8.25. The van der Waals surface area contributed by atoms with Gasteiger partial charge in [-0.15, -0.1) is 11.8 Å². The summed E-state index contributed by atoms with van der Waals surface area (Å²) in [5.41, 5.74) is 0.0339. The number of nitrogens with zero attached hydrogens (tertiary/aromatic N) is 1. The minimum absolute atomic E-state index is 0.0339. The molecule has 1 aromatic heterocycles. The van der Waals surface area contributed by atoms with E-state index >= 15 is 0 Å². The molecule has 114 valence electrons. The van der Waals surface area contributed by atoms with E-state index in [0.29, 0.717) is 18.2 Å². The Morgan fingerprint density at radius 1 is 1.33 bits per heavy atom. The van der Waals surface area contributed by atoms with Crippen LogP contribution in [0.15, 0.2) is 23.2 Å². The molecule has 1 amide bonds. The lowest BCUT2D eigenvalue weighted by atomic mass is 9.95. The summed E-state index contributed by atoms with van der Waals surface area (Å²) in [6.45, 7) is 0. The number of aromatic nitrogens is 1. The summed E-state index contributed by atoms with van der Waals surface area (Å²) < 4.78 is 0. The van der Waals surface area contributed by atoms with Gasteiger partial charge in [0, 0.05) is 29.3 Å². The van der Waals surface area contributed by atoms with Gasteiger partial charge in [-0.1, -0.05) is 19.3 Å². The van der Waals surface area contributed by atoms with E-state index in [0.717, 1.165) is 17.7 Å². The van der Waals surface area contributed by atoms with Crippen LogP contribution < -0.4 is 5.32 Å². The molecule has 5 nitrogen and oxygen atoms in total. The molecule has 2 rings (SSSR count). The van der Waals surface area contributed by atoms with Crippen LogP contribution >= 0.6 is 11.8 Å². The number of carboxylic acids is 1. The molecule has 1 aliphatic rings. The molecule has 0 atom stereocenters. The maximum absolute atomic E-state index is 11.8. The normalized spacial score (nSPS) is 15.6. The fraction of sp³-hybridized carbons (Fsp3) is 0.533. The third-order valence-corrected chi connectivity index (χ3v) is 4.51. The van der Waals surface area contributed by atoms with E-state index in [9.17, 15) is 9.59 Å². The molecule has 21 heavy (non-hydrogen) atoms. The summed E-state index contributed by atoms with van der Waals surface area (Å²) in [7, 11) is 0. The van der Waals surface area contributed by atoms with Crippen molar-refractivity contribution in [3.8, 4) is 0 Å². The van der Waals surface area contributed by atoms with Crippen LogP contribution in [0.2, 0.25) is 0 Å². The molecular weight excluding hydrogens is 288 g/mol. The number of carbonyl (C=O) groups is 2. The van der Waals surface area contributed by atoms with E-state index in [1.54, 1.807) is 6.07 Å². The van der Waals surface area contributed by atoms with Crippen molar-refractivity contribution in [2.45, 2.75) is 49.5 Å². The second-order valence-electron chi connectivity index (χ2n) is 5.18. The molecule has 0 spiro atoms. The number of hydrogen-bond donors (Lipinski definition) is 2. The monoisotopic (exact) mass is 308 g/mol. The first-order chi connectivity index (χ1) is 10.1. The van der Waals surface area contributed by atoms with Crippen LogP contribution in [-0.4, -0.2) is 33.8 Å². The minimum Gasteiger partial charge on any atom is -0.477 e. The van der Waals surface area contributed by atoms with Gasteiger partial charge in [0.1, 0.15) is 5.69 Å². The lowest BCUT2D eigenvalue weighted by molar-refractivity contribution is -0.121. The van der Waals surface area contributed by atoms with Crippen LogP contribution in [0.5, 0.6) is 0 Å². The zero-order chi connectivity index (χ0) is 15.1. The zero-order valence-electron chi connectivity index (χ0n) is 11.9. The van der Waals surface area contributed by atoms with Crippen molar-refractivity contribution in [3.05, 3.63) is 24.0 Å². The van der Waals surface area contributed by atoms with Crippen molar-refractivity contribution in [1.29, 1.82) is 0 Å². The summed E-state index contributed by atoms with van der Waals surface area (Å²) in [4.78, 5) is 27.3. The van der Waals surface area contributed by atoms with Crippen LogP contribution in [0.3, 0.4) is 0 Å². The van der Waals surface area contributed by atoms with Gasteiger partial charge in [0.25, 0.3) is 0 Å². The van der Waals surface area contributed by atoms with Crippen molar-refractivity contribution in [3.63, 3.8) is 0 Å². The van der Waals surface area contributed by atoms with E-state index < -0.39 is 5.97 Å². The number of nitrogens with one attached hydrogen (secondary N) is 1. The summed E-state index contributed by atoms with van der Waals surface area (Å²) in [5, 5.41) is 11.9. The summed E-state index contributed by atoms with van der Waals surface area (Å²) in [6.07, 6.45) is 7.79. The van der Waals surface area contributed by atoms with Gasteiger partial charge < -0.3 is 10.4 Å². The molecule has 1 heterocycles. The molecular formula is C15H20N2O3S. The van der Waals surface area contributed by atoms with Gasteiger partial charge in [-0.2, -0.15) is 0 Å². The number of amides is 1. The molecule has 1 aromatic rings. The molecule has 0 saturated heterocycles. The van der Waals surface area contributed by atoms with Crippen LogP contribution in [0, 0.1) is 0 Å². The Balaban J connectivity index is 1.72. The van der Waals surface area contributed by atoms with Crippen LogP contribution in [0.25, 0.3) is 0 Å². The second-order valence-corrected chi connectivity index (χ2v) is 6.35. The molecule has 0 aromatic carbocycles. The van der Waals surface area contributed by atoms with Crippen molar-refractivity contribution in [2.75, 3.05) is 5.75 Å². The Morgan fingerprint density at radius 2 is 2.10 bits per heavy atom. The van der Waals surface area contributed by atoms with Gasteiger partial charge in [0.2, 0.25) is 5.91 Å². The molecule has 6 heteroatoms. The Labute approximate surface area is 128 Å². The number of pyridine rings is 1. The van der Waals surface area contributed by atoms with E-state index in [-0.39, 0.29) is 11.6 Å². The largest absolute Gasteiger partial charge is 0.477 e. The van der Waals surface area contributed by atoms with Crippen molar-refractivity contribution in [1.82, 2.24) is 10.3 Å². The van der Waals surface area contributed by atoms with Crippen LogP contribution in [-0.2, 0) is 4.79 Å². The standard InChI is InChI=1S/C15H20N2O3S/c18-14(17-11-4-2-1-3-5-11)7-9-21-12-6-8-16-13(10-12)15(19)20/h6,8,10-11H,1-5,7,9H2,(H,17,18)(H,19,20). The van der Waals surface area contributed by atoms with Gasteiger partial charge >= 0.3 is 5.97 Å². The average Bonchev–Trinajstić information content (AvgIpc) is 2.48. The minimum atomic E-state index is -1.03. The number of thioether (sulfide) groups is 1. The Kier molecular flexibility index (Phi) is 6.04. The molecule has 0 aliphatic heterocycles. The highest BCUT2D eigenvalue weighted by Crippen LogP contribution is 2.20. The predicted octanol–water partition coefficient (Wildman–Crippen LogP) is 2.71. The van der Waals surface area contributed by atoms with E-state index in [4.69, 9.17) is 5.11 Å². The Morgan fingerprint density at radius 3 is 2.81 bits per heavy atom. The van der Waals surface area contributed by atoms with Crippen molar-refractivity contribution < 1.29 is 14.7 Å². The average molecular weight is 308 g/mol. The first-order valence-electron chi connectivity index (χ1n) is 7.26. The third kappa shape index (κ3) is 5.38. The third-order valence-electron chi connectivity index (χ3n) is 3.52. The molecule has 0 bridgehead atoms. The molecule has 0 unspecified atom stereocenters. The molecule has 1 saturated carbocycles. The lowest BCUT2D eigenvalue weighted by Gasteiger charge is -2.22. The second kappa shape index (κ2) is 8.02. The fourth-order valence-corrected chi connectivity index (χ4v) is 3.30. The van der Waals surface area contributed by atoms with Crippen molar-refractivity contribution in [2.24, 2.45) is 0 Å². The van der Waals surface area contributed by atoms with E-state index in [2.05, 4.69) is 10.3 Å². The van der Waals surface area contributed by atoms with Crippen LogP contribution in [0.1, 0.15) is 49.0 Å². The predicted molar refractivity (Wildman–Crippen MR) is 81.6 cm³/mol. The zero-order valence-corrected chi connectivity index (χ0v) is 12.7. The summed E-state index contributed by atoms with van der Waals surface area (Å²) in [5.74, 6) is -0.309. The van der Waals surface area contributed by atoms with Gasteiger partial charge in [-0.3, -0.25) is 4.79 Å². The number of carbonyl (C=O) groups excluding carboxylic acids is 1. The van der Waals surface area contributed by atoms with Crippen LogP contribution in [0.4, 0.5) is 0 Å². The van der Waals surface area contributed by atoms with Gasteiger partial charge in [-0.05, 0) is 25.0 Å². The molecule has 1 aliphatic carbocycles. The highest BCUT2D eigenvalue weighted by atomic mass is 32.2. The van der Waals surface area contributed by atoms with E-state index in [1.807, 2.05) is 0 Å². The number of hydrogen-bond acceptors (Lipinski definition) is 4. The number of aromatic carboxylic acids is 1. The quantitative estimate of drug-likeness (QED) is 0.790. The lowest BCUT2D eigenvalue weighted by Crippen LogP contribution is -2.36. The summed E-state index contributed by atoms with van der Waals surface area (Å²) in [6, 6.07) is 3.64. The molecule has 1 fully saturated rings. The van der Waals surface area contributed by atoms with Gasteiger partial charge in [-0.25, -0.2) is 9.78 Å². The highest BCUT2D eigenvalue weighted by molar-refractivity contribution is 7.99. The molecule has 2 N–H and O–H groups in total. The number of rotatable bonds is 6. The Hall–Kier alpha value is -1.56. The fourth-order valence-electron chi connectivity index (χ4n) is 2.43. The first kappa shape index (κ1) is 15.8. The maximum atomic E-state index is 11.8. The van der Waals surface area contributed by atoms with E-state index in [1.165, 1.54) is 43.3 Å². The van der Waals surface area contributed by atoms with Gasteiger partial charge in [0.15, 0.2) is 0 Å². The molecule has 0 radical (unpaired) electrons. The topological polar surface area (TPSA) is 79.3 Å². The SMILES string of the molecule is O=C(CCSc1ccnc(C(=O)O)c1)NC1CCCCC1. The van der Waals surface area contributed by atoms with Crippen molar-refractivity contribution >= 4 is 23.6 Å². The number of carboxylic acid groups (broad SMARTS) is 1. The summed E-state index contributed by atoms with van der Waals surface area (Å²) >= 11 is 1.48. The highest BCUT2D eigenvalue weighted by Gasteiger charge is 2.15. The van der Waals surface area contributed by atoms with Gasteiger partial charge in [0.05, 0.1) is 0 Å². The Bertz CT molecular complexity index is 501. The maximum Gasteiger partial charge on any atom is 0.354 e. The smallest absolute Gasteiger partial charge is 0.354 e.